The largest absolute Gasteiger partial charge is 0.508 e. The summed E-state index contributed by atoms with van der Waals surface area (Å²) in [7, 11) is 0. The summed E-state index contributed by atoms with van der Waals surface area (Å²) >= 11 is 3.28. The van der Waals surface area contributed by atoms with E-state index in [4.69, 9.17) is 0 Å². The lowest BCUT2D eigenvalue weighted by Gasteiger charge is -2.07. The summed E-state index contributed by atoms with van der Waals surface area (Å²) in [5, 5.41) is 9.31. The second-order valence-electron chi connectivity index (χ2n) is 4.36. The Hall–Kier alpha value is -2.34. The molecule has 0 spiro atoms. The minimum Gasteiger partial charge on any atom is -0.508 e. The van der Waals surface area contributed by atoms with E-state index >= 15 is 0 Å². The van der Waals surface area contributed by atoms with Gasteiger partial charge in [0.05, 0.1) is 6.42 Å². The van der Waals surface area contributed by atoms with Crippen molar-refractivity contribution in [1.82, 2.24) is 10.9 Å². The number of phenols is 1. The zero-order valence-corrected chi connectivity index (χ0v) is 14.6. The number of benzene rings is 2. The third kappa shape index (κ3) is 6.52. The molecule has 0 aliphatic rings. The maximum absolute atomic E-state index is 11.8. The van der Waals surface area contributed by atoms with E-state index in [-0.39, 0.29) is 18.1 Å². The van der Waals surface area contributed by atoms with Gasteiger partial charge in [0.25, 0.3) is 5.91 Å². The molecule has 0 radical (unpaired) electrons. The monoisotopic (exact) mass is 378 g/mol. The first kappa shape index (κ1) is 18.7. The summed E-state index contributed by atoms with van der Waals surface area (Å²) in [6, 6.07) is 13.1. The zero-order valence-electron chi connectivity index (χ0n) is 13.0. The van der Waals surface area contributed by atoms with E-state index in [1.165, 1.54) is 12.1 Å². The van der Waals surface area contributed by atoms with Gasteiger partial charge in [0.2, 0.25) is 5.91 Å². The third-order valence-electron chi connectivity index (χ3n) is 2.70. The fourth-order valence-electron chi connectivity index (χ4n) is 1.70. The molecule has 0 atom stereocenters. The van der Waals surface area contributed by atoms with Crippen molar-refractivity contribution in [2.75, 3.05) is 0 Å². The number of aromatic hydroxyl groups is 1. The van der Waals surface area contributed by atoms with Crippen LogP contribution in [0.5, 0.6) is 5.75 Å². The molecule has 0 fully saturated rings. The highest BCUT2D eigenvalue weighted by Gasteiger charge is 2.08. The van der Waals surface area contributed by atoms with E-state index in [1.54, 1.807) is 36.4 Å². The van der Waals surface area contributed by atoms with Crippen molar-refractivity contribution in [1.29, 1.82) is 0 Å². The van der Waals surface area contributed by atoms with Gasteiger partial charge in [-0.25, -0.2) is 0 Å². The molecule has 5 nitrogen and oxygen atoms in total. The number of hydrazine groups is 1. The zero-order chi connectivity index (χ0) is 17.2. The maximum Gasteiger partial charge on any atom is 0.269 e. The van der Waals surface area contributed by atoms with Gasteiger partial charge in [-0.05, 0) is 42.0 Å². The van der Waals surface area contributed by atoms with Crippen LogP contribution in [0.4, 0.5) is 0 Å². The number of hydrogen-bond donors (Lipinski definition) is 3. The van der Waals surface area contributed by atoms with Gasteiger partial charge in [0, 0.05) is 10.0 Å². The van der Waals surface area contributed by atoms with Gasteiger partial charge in [-0.2, -0.15) is 0 Å². The Balaban J connectivity index is 0.00000127. The van der Waals surface area contributed by atoms with E-state index in [0.717, 1.165) is 4.47 Å². The summed E-state index contributed by atoms with van der Waals surface area (Å²) in [4.78, 5) is 23.5. The van der Waals surface area contributed by atoms with Gasteiger partial charge >= 0.3 is 0 Å². The van der Waals surface area contributed by atoms with E-state index in [2.05, 4.69) is 26.8 Å². The molecule has 2 amide bonds. The standard InChI is InChI=1S/C15H13BrN2O3.C2H6/c16-12-6-4-11(5-7-12)15(21)18-17-14(20)9-10-2-1-3-13(19)8-10;1-2/h1-8,19H,9H2,(H,17,20)(H,18,21);1-2H3. The highest BCUT2D eigenvalue weighted by molar-refractivity contribution is 9.10. The molecule has 0 saturated carbocycles. The normalized spacial score (nSPS) is 9.35. The summed E-state index contributed by atoms with van der Waals surface area (Å²) in [5.41, 5.74) is 5.77. The minimum atomic E-state index is -0.397. The first-order valence-electron chi connectivity index (χ1n) is 7.17. The van der Waals surface area contributed by atoms with Crippen LogP contribution in [0.15, 0.2) is 53.0 Å². The van der Waals surface area contributed by atoms with Crippen LogP contribution in [0.3, 0.4) is 0 Å². The molecule has 0 aliphatic carbocycles. The van der Waals surface area contributed by atoms with Crippen molar-refractivity contribution < 1.29 is 14.7 Å². The highest BCUT2D eigenvalue weighted by Crippen LogP contribution is 2.11. The summed E-state index contributed by atoms with van der Waals surface area (Å²) in [6.07, 6.45) is 0.0645. The summed E-state index contributed by atoms with van der Waals surface area (Å²) < 4.78 is 0.868. The molecule has 0 heterocycles. The molecule has 0 bridgehead atoms. The van der Waals surface area contributed by atoms with Crippen molar-refractivity contribution >= 4 is 27.7 Å². The molecule has 0 saturated heterocycles. The number of halogens is 1. The van der Waals surface area contributed by atoms with Gasteiger partial charge in [-0.1, -0.05) is 41.9 Å². The number of rotatable bonds is 3. The molecule has 2 aromatic rings. The number of amides is 2. The molecule has 3 N–H and O–H groups in total. The van der Waals surface area contributed by atoms with Crippen LogP contribution in [0.25, 0.3) is 0 Å². The number of nitrogens with one attached hydrogen (secondary N) is 2. The predicted octanol–water partition coefficient (Wildman–Crippen LogP) is 3.18. The first-order chi connectivity index (χ1) is 11.0. The Labute approximate surface area is 143 Å². The Morgan fingerprint density at radius 1 is 1.04 bits per heavy atom. The number of carbonyl (C=O) groups excluding carboxylic acids is 2. The molecule has 0 aliphatic heterocycles. The van der Waals surface area contributed by atoms with Gasteiger partial charge < -0.3 is 5.11 Å². The van der Waals surface area contributed by atoms with E-state index in [1.807, 2.05) is 13.8 Å². The van der Waals surface area contributed by atoms with Crippen molar-refractivity contribution in [2.24, 2.45) is 0 Å². The topological polar surface area (TPSA) is 78.4 Å². The second-order valence-corrected chi connectivity index (χ2v) is 5.27. The van der Waals surface area contributed by atoms with E-state index in [9.17, 15) is 14.7 Å². The summed E-state index contributed by atoms with van der Waals surface area (Å²) in [5.74, 6) is -0.669. The molecule has 23 heavy (non-hydrogen) atoms. The van der Waals surface area contributed by atoms with Gasteiger partial charge in [-0.15, -0.1) is 0 Å². The van der Waals surface area contributed by atoms with Gasteiger partial charge in [-0.3, -0.25) is 20.4 Å². The van der Waals surface area contributed by atoms with Gasteiger partial charge in [0.1, 0.15) is 5.75 Å². The minimum absolute atomic E-state index is 0.0645. The van der Waals surface area contributed by atoms with E-state index < -0.39 is 5.91 Å². The van der Waals surface area contributed by atoms with Crippen LogP contribution >= 0.6 is 15.9 Å². The van der Waals surface area contributed by atoms with Crippen LogP contribution in [-0.4, -0.2) is 16.9 Å². The molecular formula is C17H19BrN2O3. The second kappa shape index (κ2) is 9.63. The smallest absolute Gasteiger partial charge is 0.269 e. The fourth-order valence-corrected chi connectivity index (χ4v) is 1.96. The lowest BCUT2D eigenvalue weighted by atomic mass is 10.1. The van der Waals surface area contributed by atoms with Crippen LogP contribution < -0.4 is 10.9 Å². The van der Waals surface area contributed by atoms with Crippen LogP contribution in [0.1, 0.15) is 29.8 Å². The Morgan fingerprint density at radius 3 is 2.30 bits per heavy atom. The lowest BCUT2D eigenvalue weighted by Crippen LogP contribution is -2.42. The molecule has 0 unspecified atom stereocenters. The average Bonchev–Trinajstić information content (AvgIpc) is 2.55. The lowest BCUT2D eigenvalue weighted by molar-refractivity contribution is -0.121. The number of carbonyl (C=O) groups is 2. The molecule has 6 heteroatoms. The molecule has 0 aromatic heterocycles. The van der Waals surface area contributed by atoms with Crippen molar-refractivity contribution in [2.45, 2.75) is 20.3 Å². The molecule has 2 rings (SSSR count). The number of phenolic OH excluding ortho intramolecular Hbond substituents is 1. The predicted molar refractivity (Wildman–Crippen MR) is 92.9 cm³/mol. The number of hydrogen-bond acceptors (Lipinski definition) is 3. The fraction of sp³-hybridized carbons (Fsp3) is 0.176. The Bertz CT molecular complexity index is 657. The van der Waals surface area contributed by atoms with Crippen molar-refractivity contribution in [3.8, 4) is 5.75 Å². The van der Waals surface area contributed by atoms with Crippen molar-refractivity contribution in [3.05, 3.63) is 64.1 Å². The molecular weight excluding hydrogens is 360 g/mol. The quantitative estimate of drug-likeness (QED) is 0.717. The van der Waals surface area contributed by atoms with Crippen LogP contribution in [-0.2, 0) is 11.2 Å². The SMILES string of the molecule is CC.O=C(Cc1cccc(O)c1)NNC(=O)c1ccc(Br)cc1. The van der Waals surface area contributed by atoms with E-state index in [0.29, 0.717) is 11.1 Å². The maximum atomic E-state index is 11.8. The summed E-state index contributed by atoms with van der Waals surface area (Å²) in [6.45, 7) is 4.00. The highest BCUT2D eigenvalue weighted by atomic mass is 79.9. The van der Waals surface area contributed by atoms with Crippen LogP contribution in [0.2, 0.25) is 0 Å². The Morgan fingerprint density at radius 2 is 1.70 bits per heavy atom. The molecule has 122 valence electrons. The average molecular weight is 379 g/mol. The van der Waals surface area contributed by atoms with Crippen molar-refractivity contribution in [3.63, 3.8) is 0 Å². The Kier molecular flexibility index (Phi) is 7.83. The van der Waals surface area contributed by atoms with Crippen LogP contribution in [0, 0.1) is 0 Å². The third-order valence-corrected chi connectivity index (χ3v) is 3.23. The molecule has 2 aromatic carbocycles. The van der Waals surface area contributed by atoms with Gasteiger partial charge in [0.15, 0.2) is 0 Å². The first-order valence-corrected chi connectivity index (χ1v) is 7.96.